The molecule has 4 rings (SSSR count). The molecule has 0 spiro atoms. The lowest BCUT2D eigenvalue weighted by Crippen LogP contribution is -2.11. The monoisotopic (exact) mass is 385 g/mol. The predicted octanol–water partition coefficient (Wildman–Crippen LogP) is 3.77. The highest BCUT2D eigenvalue weighted by atomic mass is 35.5. The van der Waals surface area contributed by atoms with Crippen LogP contribution in [0.5, 0.6) is 5.75 Å². The number of rotatable bonds is 4. The van der Waals surface area contributed by atoms with Gasteiger partial charge in [0.15, 0.2) is 0 Å². The minimum absolute atomic E-state index is 0.249. The number of carbonyl (C=O) groups is 1. The van der Waals surface area contributed by atoms with E-state index in [4.69, 9.17) is 16.3 Å². The third-order valence-electron chi connectivity index (χ3n) is 3.69. The highest BCUT2D eigenvalue weighted by Gasteiger charge is 2.11. The van der Waals surface area contributed by atoms with E-state index in [2.05, 4.69) is 20.6 Å². The zero-order valence-corrected chi connectivity index (χ0v) is 15.1. The van der Waals surface area contributed by atoms with Gasteiger partial charge >= 0.3 is 0 Å². The Kier molecular flexibility index (Phi) is 4.27. The number of hydrogen-bond donors (Lipinski definition) is 1. The average Bonchev–Trinajstić information content (AvgIpc) is 3.24. The normalized spacial score (nSPS) is 10.8. The van der Waals surface area contributed by atoms with Gasteiger partial charge in [0.1, 0.15) is 17.1 Å². The summed E-state index contributed by atoms with van der Waals surface area (Å²) < 4.78 is 6.72. The maximum absolute atomic E-state index is 12.4. The molecule has 0 aliphatic carbocycles. The lowest BCUT2D eigenvalue weighted by Gasteiger charge is -2.08. The van der Waals surface area contributed by atoms with E-state index in [0.717, 1.165) is 15.5 Å². The van der Waals surface area contributed by atoms with Gasteiger partial charge in [0.2, 0.25) is 4.96 Å². The van der Waals surface area contributed by atoms with Crippen molar-refractivity contribution in [1.29, 1.82) is 0 Å². The molecule has 1 amide bonds. The Morgan fingerprint density at radius 1 is 1.23 bits per heavy atom. The van der Waals surface area contributed by atoms with Gasteiger partial charge in [-0.15, -0.1) is 10.2 Å². The molecule has 4 aromatic rings. The number of aromatic nitrogens is 4. The van der Waals surface area contributed by atoms with Crippen LogP contribution in [-0.2, 0) is 0 Å². The molecule has 7 nitrogen and oxygen atoms in total. The van der Waals surface area contributed by atoms with Crippen LogP contribution in [0.2, 0.25) is 5.02 Å². The number of carbonyl (C=O) groups excluding carboxylic acids is 1. The molecule has 0 fully saturated rings. The van der Waals surface area contributed by atoms with Crippen molar-refractivity contribution in [2.75, 3.05) is 12.4 Å². The van der Waals surface area contributed by atoms with Gasteiger partial charge < -0.3 is 10.1 Å². The summed E-state index contributed by atoms with van der Waals surface area (Å²) >= 11 is 7.51. The molecule has 26 heavy (non-hydrogen) atoms. The van der Waals surface area contributed by atoms with Crippen molar-refractivity contribution in [2.24, 2.45) is 0 Å². The first kappa shape index (κ1) is 16.5. The van der Waals surface area contributed by atoms with Crippen LogP contribution in [0.25, 0.3) is 15.5 Å². The summed E-state index contributed by atoms with van der Waals surface area (Å²) in [6, 6.07) is 12.3. The van der Waals surface area contributed by atoms with E-state index < -0.39 is 0 Å². The van der Waals surface area contributed by atoms with Crippen molar-refractivity contribution in [3.8, 4) is 16.3 Å². The minimum atomic E-state index is -0.249. The Morgan fingerprint density at radius 3 is 2.73 bits per heavy atom. The van der Waals surface area contributed by atoms with Gasteiger partial charge in [0.25, 0.3) is 5.91 Å². The minimum Gasteiger partial charge on any atom is -0.495 e. The number of anilines is 1. The van der Waals surface area contributed by atoms with Gasteiger partial charge in [-0.25, -0.2) is 0 Å². The number of nitrogens with one attached hydrogen (secondary N) is 1. The van der Waals surface area contributed by atoms with Gasteiger partial charge in [-0.2, -0.15) is 9.61 Å². The molecule has 2 heterocycles. The maximum Gasteiger partial charge on any atom is 0.255 e. The van der Waals surface area contributed by atoms with E-state index in [1.807, 2.05) is 24.3 Å². The lowest BCUT2D eigenvalue weighted by atomic mass is 10.2. The third kappa shape index (κ3) is 3.12. The summed E-state index contributed by atoms with van der Waals surface area (Å²) in [6.07, 6.45) is 1.56. The number of ether oxygens (including phenoxy) is 1. The number of methoxy groups -OCH3 is 1. The highest BCUT2D eigenvalue weighted by Crippen LogP contribution is 2.27. The van der Waals surface area contributed by atoms with Crippen LogP contribution >= 0.6 is 22.9 Å². The zero-order chi connectivity index (χ0) is 18.1. The van der Waals surface area contributed by atoms with Crippen LogP contribution in [0, 0.1) is 0 Å². The molecule has 2 aromatic carbocycles. The molecule has 1 N–H and O–H groups in total. The molecule has 130 valence electrons. The number of hydrogen-bond acceptors (Lipinski definition) is 6. The first-order valence-electron chi connectivity index (χ1n) is 7.56. The van der Waals surface area contributed by atoms with Crippen molar-refractivity contribution in [1.82, 2.24) is 19.8 Å². The van der Waals surface area contributed by atoms with Crippen molar-refractivity contribution in [3.63, 3.8) is 0 Å². The van der Waals surface area contributed by atoms with Gasteiger partial charge in [-0.1, -0.05) is 22.9 Å². The van der Waals surface area contributed by atoms with Crippen LogP contribution in [-0.4, -0.2) is 32.8 Å². The number of halogens is 1. The second kappa shape index (κ2) is 6.74. The van der Waals surface area contributed by atoms with E-state index in [0.29, 0.717) is 22.0 Å². The zero-order valence-electron chi connectivity index (χ0n) is 13.5. The molecule has 0 aliphatic rings. The first-order valence-corrected chi connectivity index (χ1v) is 8.75. The quantitative estimate of drug-likeness (QED) is 0.578. The predicted molar refractivity (Wildman–Crippen MR) is 100 cm³/mol. The van der Waals surface area contributed by atoms with E-state index in [1.165, 1.54) is 18.4 Å². The second-order valence-corrected chi connectivity index (χ2v) is 6.71. The molecular weight excluding hydrogens is 374 g/mol. The van der Waals surface area contributed by atoms with Crippen LogP contribution in [0.3, 0.4) is 0 Å². The first-order chi connectivity index (χ1) is 12.6. The molecule has 9 heteroatoms. The highest BCUT2D eigenvalue weighted by molar-refractivity contribution is 7.19. The molecule has 0 saturated carbocycles. The van der Waals surface area contributed by atoms with Crippen LogP contribution in [0.4, 0.5) is 5.69 Å². The van der Waals surface area contributed by atoms with Crippen LogP contribution in [0.15, 0.2) is 48.8 Å². The third-order valence-corrected chi connectivity index (χ3v) is 4.95. The number of nitrogens with zero attached hydrogens (tertiary/aromatic N) is 4. The fourth-order valence-corrected chi connectivity index (χ4v) is 3.47. The Labute approximate surface area is 157 Å². The summed E-state index contributed by atoms with van der Waals surface area (Å²) in [5.74, 6) is 0.277. The van der Waals surface area contributed by atoms with E-state index in [9.17, 15) is 4.79 Å². The average molecular weight is 386 g/mol. The summed E-state index contributed by atoms with van der Waals surface area (Å²) in [6.45, 7) is 0. The fourth-order valence-electron chi connectivity index (χ4n) is 2.38. The standard InChI is InChI=1S/C17H12ClN5O2S/c1-25-14-7-4-11(8-13(14)18)15(24)20-12-5-2-10(3-6-12)16-22-23-9-19-21-17(23)26-16/h2-9H,1H3,(H,20,24). The lowest BCUT2D eigenvalue weighted by molar-refractivity contribution is 0.102. The molecule has 0 saturated heterocycles. The topological polar surface area (TPSA) is 81.4 Å². The maximum atomic E-state index is 12.4. The van der Waals surface area contributed by atoms with Crippen molar-refractivity contribution in [2.45, 2.75) is 0 Å². The van der Waals surface area contributed by atoms with Crippen LogP contribution in [0.1, 0.15) is 10.4 Å². The van der Waals surface area contributed by atoms with Gasteiger partial charge in [-0.05, 0) is 42.5 Å². The SMILES string of the molecule is COc1ccc(C(=O)Nc2ccc(-c3nn4cnnc4s3)cc2)cc1Cl. The van der Waals surface area contributed by atoms with E-state index >= 15 is 0 Å². The van der Waals surface area contributed by atoms with Crippen molar-refractivity contribution < 1.29 is 9.53 Å². The summed E-state index contributed by atoms with van der Waals surface area (Å²) in [4.78, 5) is 13.1. The Morgan fingerprint density at radius 2 is 2.04 bits per heavy atom. The smallest absolute Gasteiger partial charge is 0.255 e. The second-order valence-electron chi connectivity index (χ2n) is 5.35. The largest absolute Gasteiger partial charge is 0.495 e. The van der Waals surface area contributed by atoms with Crippen molar-refractivity contribution >= 4 is 39.5 Å². The Bertz CT molecular complexity index is 1060. The number of benzene rings is 2. The molecule has 0 bridgehead atoms. The molecular formula is C17H12ClN5O2S. The fraction of sp³-hybridized carbons (Fsp3) is 0.0588. The molecule has 0 atom stereocenters. The van der Waals surface area contributed by atoms with Gasteiger partial charge in [0, 0.05) is 16.8 Å². The summed E-state index contributed by atoms with van der Waals surface area (Å²) in [7, 11) is 1.53. The molecule has 0 unspecified atom stereocenters. The number of fused-ring (bicyclic) bond motifs is 1. The van der Waals surface area contributed by atoms with Crippen molar-refractivity contribution in [3.05, 3.63) is 59.4 Å². The molecule has 0 radical (unpaired) electrons. The molecule has 0 aliphatic heterocycles. The Hall–Kier alpha value is -2.97. The van der Waals surface area contributed by atoms with Gasteiger partial charge in [0.05, 0.1) is 12.1 Å². The van der Waals surface area contributed by atoms with Crippen LogP contribution < -0.4 is 10.1 Å². The van der Waals surface area contributed by atoms with Gasteiger partial charge in [-0.3, -0.25) is 4.79 Å². The molecule has 2 aromatic heterocycles. The Balaban J connectivity index is 1.51. The van der Waals surface area contributed by atoms with E-state index in [-0.39, 0.29) is 5.91 Å². The summed E-state index contributed by atoms with van der Waals surface area (Å²) in [5, 5.41) is 16.2. The summed E-state index contributed by atoms with van der Waals surface area (Å²) in [5.41, 5.74) is 2.06. The number of amides is 1. The van der Waals surface area contributed by atoms with E-state index in [1.54, 1.807) is 29.0 Å².